The molecule has 2 unspecified atom stereocenters. The highest BCUT2D eigenvalue weighted by atomic mass is 32.2. The molecule has 1 saturated heterocycles. The van der Waals surface area contributed by atoms with Crippen LogP contribution in [0.25, 0.3) is 0 Å². The quantitative estimate of drug-likeness (QED) is 0.799. The second-order valence-corrected chi connectivity index (χ2v) is 7.77. The summed E-state index contributed by atoms with van der Waals surface area (Å²) in [7, 11) is -2.05. The fraction of sp³-hybridized carbons (Fsp3) is 0.588. The summed E-state index contributed by atoms with van der Waals surface area (Å²) in [6.07, 6.45) is 2.54. The third-order valence-electron chi connectivity index (χ3n) is 4.52. The first-order valence-corrected chi connectivity index (χ1v) is 9.58. The van der Waals surface area contributed by atoms with Crippen molar-refractivity contribution in [1.82, 2.24) is 4.31 Å². The van der Waals surface area contributed by atoms with Crippen LogP contribution in [0.3, 0.4) is 0 Å². The molecule has 1 aliphatic heterocycles. The number of ether oxygens (including phenoxy) is 1. The lowest BCUT2D eigenvalue weighted by Gasteiger charge is -2.39. The van der Waals surface area contributed by atoms with Crippen molar-refractivity contribution in [1.29, 1.82) is 0 Å². The maximum absolute atomic E-state index is 13.0. The van der Waals surface area contributed by atoms with E-state index in [1.165, 1.54) is 4.31 Å². The minimum absolute atomic E-state index is 0.187. The maximum Gasteiger partial charge on any atom is 0.243 e. The summed E-state index contributed by atoms with van der Waals surface area (Å²) in [6, 6.07) is 6.18. The SMILES string of the molecule is CCCC1C(CC)C(=O)CCN1S(=O)(=O)c1ccc(OC)cc1. The molecule has 1 heterocycles. The van der Waals surface area contributed by atoms with Gasteiger partial charge in [-0.05, 0) is 37.1 Å². The molecule has 5 nitrogen and oxygen atoms in total. The van der Waals surface area contributed by atoms with E-state index in [0.29, 0.717) is 25.0 Å². The number of carbonyl (C=O) groups excluding carboxylic acids is 1. The Morgan fingerprint density at radius 1 is 1.22 bits per heavy atom. The van der Waals surface area contributed by atoms with Gasteiger partial charge in [0.05, 0.1) is 12.0 Å². The fourth-order valence-electron chi connectivity index (χ4n) is 3.31. The molecule has 1 aromatic carbocycles. The number of nitrogens with zero attached hydrogens (tertiary/aromatic N) is 1. The van der Waals surface area contributed by atoms with Crippen LogP contribution in [-0.4, -0.2) is 38.2 Å². The molecule has 0 spiro atoms. The van der Waals surface area contributed by atoms with Crippen LogP contribution in [0, 0.1) is 5.92 Å². The summed E-state index contributed by atoms with van der Waals surface area (Å²) in [5.41, 5.74) is 0. The van der Waals surface area contributed by atoms with Crippen LogP contribution in [0.15, 0.2) is 29.2 Å². The minimum atomic E-state index is -3.60. The minimum Gasteiger partial charge on any atom is -0.497 e. The maximum atomic E-state index is 13.0. The Hall–Kier alpha value is -1.40. The Morgan fingerprint density at radius 2 is 1.87 bits per heavy atom. The predicted molar refractivity (Wildman–Crippen MR) is 89.0 cm³/mol. The first-order chi connectivity index (χ1) is 11.0. The zero-order valence-electron chi connectivity index (χ0n) is 14.0. The Balaban J connectivity index is 2.36. The number of hydrogen-bond donors (Lipinski definition) is 0. The second-order valence-electron chi connectivity index (χ2n) is 5.88. The Kier molecular flexibility index (Phi) is 5.81. The van der Waals surface area contributed by atoms with Crippen LogP contribution in [-0.2, 0) is 14.8 Å². The van der Waals surface area contributed by atoms with E-state index in [1.807, 2.05) is 13.8 Å². The van der Waals surface area contributed by atoms with E-state index >= 15 is 0 Å². The number of Topliss-reactive ketones (excluding diaryl/α,β-unsaturated/α-hetero) is 1. The molecular weight excluding hydrogens is 314 g/mol. The number of sulfonamides is 1. The van der Waals surface area contributed by atoms with Gasteiger partial charge in [0, 0.05) is 24.9 Å². The van der Waals surface area contributed by atoms with E-state index in [9.17, 15) is 13.2 Å². The van der Waals surface area contributed by atoms with Gasteiger partial charge >= 0.3 is 0 Å². The van der Waals surface area contributed by atoms with Gasteiger partial charge in [-0.1, -0.05) is 20.3 Å². The topological polar surface area (TPSA) is 63.7 Å². The molecule has 2 atom stereocenters. The molecule has 1 aliphatic rings. The van der Waals surface area contributed by atoms with E-state index in [1.54, 1.807) is 31.4 Å². The molecule has 6 heteroatoms. The number of hydrogen-bond acceptors (Lipinski definition) is 4. The van der Waals surface area contributed by atoms with Gasteiger partial charge in [0.15, 0.2) is 0 Å². The largest absolute Gasteiger partial charge is 0.497 e. The van der Waals surface area contributed by atoms with Crippen LogP contribution in [0.2, 0.25) is 0 Å². The number of carbonyl (C=O) groups is 1. The molecular formula is C17H25NO4S. The van der Waals surface area contributed by atoms with Gasteiger partial charge in [-0.3, -0.25) is 4.79 Å². The Morgan fingerprint density at radius 3 is 2.39 bits per heavy atom. The standard InChI is InChI=1S/C17H25NO4S/c1-4-6-16-15(5-2)17(19)11-12-18(16)23(20,21)14-9-7-13(22-3)8-10-14/h7-10,15-16H,4-6,11-12H2,1-3H3. The third kappa shape index (κ3) is 3.58. The van der Waals surface area contributed by atoms with Gasteiger partial charge in [0.1, 0.15) is 11.5 Å². The number of piperidine rings is 1. The second kappa shape index (κ2) is 7.45. The van der Waals surface area contributed by atoms with Crippen LogP contribution in [0.5, 0.6) is 5.75 Å². The first-order valence-electron chi connectivity index (χ1n) is 8.14. The average Bonchev–Trinajstić information content (AvgIpc) is 2.55. The van der Waals surface area contributed by atoms with Crippen molar-refractivity contribution in [3.8, 4) is 5.75 Å². The van der Waals surface area contributed by atoms with Gasteiger partial charge in [0.2, 0.25) is 10.0 Å². The summed E-state index contributed by atoms with van der Waals surface area (Å²) in [4.78, 5) is 12.4. The zero-order valence-corrected chi connectivity index (χ0v) is 14.8. The van der Waals surface area contributed by atoms with Crippen molar-refractivity contribution in [2.45, 2.75) is 50.5 Å². The number of methoxy groups -OCH3 is 1. The third-order valence-corrected chi connectivity index (χ3v) is 6.46. The Bertz CT molecular complexity index is 639. The zero-order chi connectivity index (χ0) is 17.0. The summed E-state index contributed by atoms with van der Waals surface area (Å²) in [5.74, 6) is 0.609. The van der Waals surface area contributed by atoms with Crippen LogP contribution < -0.4 is 4.74 Å². The van der Waals surface area contributed by atoms with Crippen LogP contribution >= 0.6 is 0 Å². The smallest absolute Gasteiger partial charge is 0.243 e. The van der Waals surface area contributed by atoms with Gasteiger partial charge in [0.25, 0.3) is 0 Å². The number of rotatable bonds is 6. The number of ketones is 1. The van der Waals surface area contributed by atoms with Crippen molar-refractivity contribution in [2.75, 3.05) is 13.7 Å². The van der Waals surface area contributed by atoms with Crippen molar-refractivity contribution in [3.63, 3.8) is 0 Å². The Labute approximate surface area is 138 Å². The molecule has 0 aromatic heterocycles. The van der Waals surface area contributed by atoms with Gasteiger partial charge in [-0.15, -0.1) is 0 Å². The fourth-order valence-corrected chi connectivity index (χ4v) is 5.00. The van der Waals surface area contributed by atoms with E-state index in [-0.39, 0.29) is 29.2 Å². The molecule has 0 N–H and O–H groups in total. The molecule has 0 bridgehead atoms. The molecule has 0 saturated carbocycles. The first kappa shape index (κ1) is 17.9. The van der Waals surface area contributed by atoms with Gasteiger partial charge in [-0.25, -0.2) is 8.42 Å². The molecule has 2 rings (SSSR count). The molecule has 0 aliphatic carbocycles. The molecule has 128 valence electrons. The van der Waals surface area contributed by atoms with Crippen molar-refractivity contribution in [3.05, 3.63) is 24.3 Å². The summed E-state index contributed by atoms with van der Waals surface area (Å²) in [5, 5.41) is 0. The van der Waals surface area contributed by atoms with Gasteiger partial charge in [-0.2, -0.15) is 4.31 Å². The summed E-state index contributed by atoms with van der Waals surface area (Å²) < 4.78 is 32.6. The highest BCUT2D eigenvalue weighted by molar-refractivity contribution is 7.89. The van der Waals surface area contributed by atoms with Crippen molar-refractivity contribution in [2.24, 2.45) is 5.92 Å². The van der Waals surface area contributed by atoms with Crippen LogP contribution in [0.4, 0.5) is 0 Å². The molecule has 0 radical (unpaired) electrons. The number of benzene rings is 1. The molecule has 1 fully saturated rings. The predicted octanol–water partition coefficient (Wildman–Crippen LogP) is 2.85. The average molecular weight is 339 g/mol. The van der Waals surface area contributed by atoms with E-state index in [4.69, 9.17) is 4.74 Å². The van der Waals surface area contributed by atoms with Gasteiger partial charge < -0.3 is 4.74 Å². The van der Waals surface area contributed by atoms with E-state index in [0.717, 1.165) is 6.42 Å². The highest BCUT2D eigenvalue weighted by Crippen LogP contribution is 2.32. The molecule has 1 aromatic rings. The van der Waals surface area contributed by atoms with E-state index < -0.39 is 10.0 Å². The van der Waals surface area contributed by atoms with E-state index in [2.05, 4.69) is 0 Å². The molecule has 0 amide bonds. The summed E-state index contributed by atoms with van der Waals surface area (Å²) in [6.45, 7) is 4.24. The molecule has 23 heavy (non-hydrogen) atoms. The van der Waals surface area contributed by atoms with Crippen LogP contribution in [0.1, 0.15) is 39.5 Å². The normalized spacial score (nSPS) is 23.0. The van der Waals surface area contributed by atoms with Crippen molar-refractivity contribution >= 4 is 15.8 Å². The summed E-state index contributed by atoms with van der Waals surface area (Å²) >= 11 is 0. The lowest BCUT2D eigenvalue weighted by molar-refractivity contribution is -0.127. The monoisotopic (exact) mass is 339 g/mol. The van der Waals surface area contributed by atoms with Crippen molar-refractivity contribution < 1.29 is 17.9 Å². The lowest BCUT2D eigenvalue weighted by atomic mass is 9.85. The highest BCUT2D eigenvalue weighted by Gasteiger charge is 2.41. The lowest BCUT2D eigenvalue weighted by Crippen LogP contribution is -2.51.